The van der Waals surface area contributed by atoms with E-state index in [-0.39, 0.29) is 12.8 Å². The second kappa shape index (κ2) is 6.18. The molecule has 0 fully saturated rings. The van der Waals surface area contributed by atoms with Gasteiger partial charge in [0.05, 0.1) is 18.1 Å². The van der Waals surface area contributed by atoms with Crippen molar-refractivity contribution in [2.24, 2.45) is 5.92 Å². The highest BCUT2D eigenvalue weighted by Crippen LogP contribution is 2.12. The van der Waals surface area contributed by atoms with E-state index in [4.69, 9.17) is 15.6 Å². The monoisotopic (exact) mass is 166 g/mol. The quantitative estimate of drug-likeness (QED) is 0.666. The number of hydrogen-bond donors (Lipinski definition) is 1. The molecular weight excluding hydrogens is 156 g/mol. The molecule has 1 N–H and O–H groups in total. The minimum atomic E-state index is -0.916. The average molecular weight is 166 g/mol. The fourth-order valence-electron chi connectivity index (χ4n) is 0.869. The fourth-order valence-corrected chi connectivity index (χ4v) is 0.869. The van der Waals surface area contributed by atoms with E-state index in [2.05, 4.69) is 0 Å². The Morgan fingerprint density at radius 2 is 1.67 bits per heavy atom. The van der Waals surface area contributed by atoms with Crippen LogP contribution < -0.4 is 0 Å². The summed E-state index contributed by atoms with van der Waals surface area (Å²) in [5.74, 6) is -1.45. The van der Waals surface area contributed by atoms with E-state index < -0.39 is 11.9 Å². The Kier molecular flexibility index (Phi) is 5.38. The standard InChI is InChI=1S/C8H10N2O2/c9-5-1-3-7(8(11)12)4-2-6-10/h7H,1-4H2,(H,11,12). The molecule has 0 aliphatic rings. The Morgan fingerprint density at radius 3 is 1.92 bits per heavy atom. The molecule has 0 saturated heterocycles. The predicted octanol–water partition coefficient (Wildman–Crippen LogP) is 1.29. The number of rotatable bonds is 5. The third-order valence-corrected chi connectivity index (χ3v) is 1.56. The lowest BCUT2D eigenvalue weighted by Crippen LogP contribution is -2.13. The first-order valence-corrected chi connectivity index (χ1v) is 3.69. The van der Waals surface area contributed by atoms with Gasteiger partial charge in [-0.3, -0.25) is 4.79 Å². The zero-order chi connectivity index (χ0) is 9.40. The lowest BCUT2D eigenvalue weighted by Gasteiger charge is -2.06. The Balaban J connectivity index is 3.82. The van der Waals surface area contributed by atoms with Gasteiger partial charge in [-0.2, -0.15) is 10.5 Å². The maximum Gasteiger partial charge on any atom is 0.306 e. The first kappa shape index (κ1) is 10.4. The van der Waals surface area contributed by atoms with Gasteiger partial charge in [0, 0.05) is 12.8 Å². The first-order chi connectivity index (χ1) is 5.72. The Hall–Kier alpha value is -1.55. The molecule has 0 aromatic carbocycles. The molecule has 0 aliphatic carbocycles. The van der Waals surface area contributed by atoms with Crippen LogP contribution in [0.15, 0.2) is 0 Å². The highest BCUT2D eigenvalue weighted by Gasteiger charge is 2.15. The molecule has 0 atom stereocenters. The number of nitrogens with zero attached hydrogens (tertiary/aromatic N) is 2. The average Bonchev–Trinajstić information content (AvgIpc) is 2.04. The highest BCUT2D eigenvalue weighted by molar-refractivity contribution is 5.69. The molecule has 0 spiro atoms. The number of carboxylic acids is 1. The smallest absolute Gasteiger partial charge is 0.306 e. The van der Waals surface area contributed by atoms with Crippen molar-refractivity contribution in [3.63, 3.8) is 0 Å². The lowest BCUT2D eigenvalue weighted by atomic mass is 9.99. The van der Waals surface area contributed by atoms with Crippen LogP contribution in [0.5, 0.6) is 0 Å². The third-order valence-electron chi connectivity index (χ3n) is 1.56. The number of carbonyl (C=O) groups is 1. The van der Waals surface area contributed by atoms with Gasteiger partial charge in [0.25, 0.3) is 0 Å². The van der Waals surface area contributed by atoms with Crippen molar-refractivity contribution in [3.05, 3.63) is 0 Å². The van der Waals surface area contributed by atoms with Crippen LogP contribution in [-0.2, 0) is 4.79 Å². The third kappa shape index (κ3) is 4.29. The number of hydrogen-bond acceptors (Lipinski definition) is 3. The molecule has 0 aromatic rings. The molecule has 0 aromatic heterocycles. The Labute approximate surface area is 71.0 Å². The van der Waals surface area contributed by atoms with E-state index in [9.17, 15) is 4.79 Å². The van der Waals surface area contributed by atoms with Crippen LogP contribution in [0.2, 0.25) is 0 Å². The van der Waals surface area contributed by atoms with Gasteiger partial charge in [0.1, 0.15) is 0 Å². The van der Waals surface area contributed by atoms with Crippen molar-refractivity contribution >= 4 is 5.97 Å². The lowest BCUT2D eigenvalue weighted by molar-refractivity contribution is -0.142. The van der Waals surface area contributed by atoms with E-state index in [1.807, 2.05) is 12.1 Å². The minimum absolute atomic E-state index is 0.238. The van der Waals surface area contributed by atoms with E-state index in [1.54, 1.807) is 0 Å². The number of carboxylic acid groups (broad SMARTS) is 1. The van der Waals surface area contributed by atoms with Crippen molar-refractivity contribution in [1.29, 1.82) is 10.5 Å². The summed E-state index contributed by atoms with van der Waals surface area (Å²) in [4.78, 5) is 10.5. The molecule has 4 heteroatoms. The summed E-state index contributed by atoms with van der Waals surface area (Å²) in [7, 11) is 0. The topological polar surface area (TPSA) is 84.9 Å². The largest absolute Gasteiger partial charge is 0.481 e. The Morgan fingerprint density at radius 1 is 1.25 bits per heavy atom. The van der Waals surface area contributed by atoms with Crippen LogP contribution in [0.25, 0.3) is 0 Å². The number of nitriles is 2. The molecule has 64 valence electrons. The summed E-state index contributed by atoms with van der Waals surface area (Å²) >= 11 is 0. The van der Waals surface area contributed by atoms with E-state index in [1.165, 1.54) is 0 Å². The summed E-state index contributed by atoms with van der Waals surface area (Å²) in [5, 5.41) is 25.0. The van der Waals surface area contributed by atoms with E-state index in [0.717, 1.165) is 0 Å². The molecule has 0 rings (SSSR count). The normalized spacial score (nSPS) is 8.92. The van der Waals surface area contributed by atoms with Gasteiger partial charge in [-0.15, -0.1) is 0 Å². The summed E-state index contributed by atoms with van der Waals surface area (Å²) in [6.07, 6.45) is 1.16. The second-order valence-electron chi connectivity index (χ2n) is 2.43. The van der Waals surface area contributed by atoms with Gasteiger partial charge in [-0.25, -0.2) is 0 Å². The molecule has 12 heavy (non-hydrogen) atoms. The summed E-state index contributed by atoms with van der Waals surface area (Å²) in [6.45, 7) is 0. The second-order valence-corrected chi connectivity index (χ2v) is 2.43. The van der Waals surface area contributed by atoms with Crippen LogP contribution in [0, 0.1) is 28.6 Å². The van der Waals surface area contributed by atoms with Gasteiger partial charge in [-0.1, -0.05) is 0 Å². The van der Waals surface area contributed by atoms with Crippen molar-refractivity contribution in [2.75, 3.05) is 0 Å². The molecule has 0 heterocycles. The zero-order valence-electron chi connectivity index (χ0n) is 6.66. The SMILES string of the molecule is N#CCCC(CCC#N)C(=O)O. The fraction of sp³-hybridized carbons (Fsp3) is 0.625. The van der Waals surface area contributed by atoms with Crippen LogP contribution in [-0.4, -0.2) is 11.1 Å². The minimum Gasteiger partial charge on any atom is -0.481 e. The summed E-state index contributed by atoms with van der Waals surface area (Å²) < 4.78 is 0. The molecule has 4 nitrogen and oxygen atoms in total. The van der Waals surface area contributed by atoms with Crippen LogP contribution in [0.1, 0.15) is 25.7 Å². The molecule has 0 radical (unpaired) electrons. The number of aliphatic carboxylic acids is 1. The van der Waals surface area contributed by atoms with Gasteiger partial charge < -0.3 is 5.11 Å². The highest BCUT2D eigenvalue weighted by atomic mass is 16.4. The van der Waals surface area contributed by atoms with Crippen LogP contribution in [0.3, 0.4) is 0 Å². The van der Waals surface area contributed by atoms with Crippen LogP contribution >= 0.6 is 0 Å². The molecule has 0 aliphatic heterocycles. The van der Waals surface area contributed by atoms with Crippen molar-refractivity contribution in [2.45, 2.75) is 25.7 Å². The molecule has 0 saturated carbocycles. The maximum atomic E-state index is 10.5. The maximum absolute atomic E-state index is 10.5. The summed E-state index contributed by atoms with van der Waals surface area (Å²) in [6, 6.07) is 3.77. The summed E-state index contributed by atoms with van der Waals surface area (Å²) in [5.41, 5.74) is 0. The zero-order valence-corrected chi connectivity index (χ0v) is 6.66. The molecular formula is C8H10N2O2. The molecule has 0 amide bonds. The first-order valence-electron chi connectivity index (χ1n) is 3.69. The van der Waals surface area contributed by atoms with Crippen LogP contribution in [0.4, 0.5) is 0 Å². The van der Waals surface area contributed by atoms with E-state index >= 15 is 0 Å². The van der Waals surface area contributed by atoms with E-state index in [0.29, 0.717) is 12.8 Å². The predicted molar refractivity (Wildman–Crippen MR) is 40.8 cm³/mol. The van der Waals surface area contributed by atoms with Gasteiger partial charge >= 0.3 is 5.97 Å². The van der Waals surface area contributed by atoms with Gasteiger partial charge in [0.2, 0.25) is 0 Å². The van der Waals surface area contributed by atoms with Gasteiger partial charge in [-0.05, 0) is 12.8 Å². The molecule has 0 bridgehead atoms. The van der Waals surface area contributed by atoms with Crippen molar-refractivity contribution in [3.8, 4) is 12.1 Å². The molecule has 0 unspecified atom stereocenters. The van der Waals surface area contributed by atoms with Crippen molar-refractivity contribution in [1.82, 2.24) is 0 Å². The van der Waals surface area contributed by atoms with Crippen molar-refractivity contribution < 1.29 is 9.90 Å². The Bertz CT molecular complexity index is 206. The van der Waals surface area contributed by atoms with Gasteiger partial charge in [0.15, 0.2) is 0 Å².